The van der Waals surface area contributed by atoms with Gasteiger partial charge in [-0.1, -0.05) is 13.3 Å². The summed E-state index contributed by atoms with van der Waals surface area (Å²) in [4.78, 5) is 23.5. The summed E-state index contributed by atoms with van der Waals surface area (Å²) in [6, 6.07) is 5.36. The highest BCUT2D eigenvalue weighted by Crippen LogP contribution is 2.36. The average molecular weight is 421 g/mol. The average Bonchev–Trinajstić information content (AvgIpc) is 3.20. The van der Waals surface area contributed by atoms with Crippen molar-refractivity contribution in [2.75, 3.05) is 12.4 Å². The molecule has 138 valence electrons. The number of halogens is 1. The summed E-state index contributed by atoms with van der Waals surface area (Å²) in [5.41, 5.74) is 6.96. The van der Waals surface area contributed by atoms with Gasteiger partial charge < -0.3 is 15.8 Å². The zero-order valence-corrected chi connectivity index (χ0v) is 16.2. The van der Waals surface area contributed by atoms with E-state index in [-0.39, 0.29) is 6.04 Å². The lowest BCUT2D eigenvalue weighted by Gasteiger charge is -2.15. The van der Waals surface area contributed by atoms with Gasteiger partial charge in [-0.3, -0.25) is 9.48 Å². The first-order valence-electron chi connectivity index (χ1n) is 8.44. The van der Waals surface area contributed by atoms with Gasteiger partial charge in [-0.25, -0.2) is 4.79 Å². The molecule has 0 saturated heterocycles. The number of nitrogens with two attached hydrogens (primary N) is 1. The molecule has 1 fully saturated rings. The highest BCUT2D eigenvalue weighted by atomic mass is 79.9. The summed E-state index contributed by atoms with van der Waals surface area (Å²) >= 11 is 3.36. The number of esters is 1. The van der Waals surface area contributed by atoms with Crippen molar-refractivity contribution >= 4 is 39.3 Å². The minimum atomic E-state index is -0.533. The van der Waals surface area contributed by atoms with Crippen LogP contribution >= 0.6 is 15.9 Å². The Kier molecular flexibility index (Phi) is 5.31. The molecule has 1 aliphatic rings. The minimum absolute atomic E-state index is 0.275. The molecule has 1 aromatic carbocycles. The molecule has 1 amide bonds. The molecule has 7 nitrogen and oxygen atoms in total. The first-order valence-corrected chi connectivity index (χ1v) is 9.24. The second-order valence-corrected chi connectivity index (χ2v) is 7.38. The fraction of sp³-hybridized carbons (Fsp3) is 0.389. The van der Waals surface area contributed by atoms with Crippen LogP contribution in [0.5, 0.6) is 0 Å². The number of nitrogens with one attached hydrogen (secondary N) is 1. The van der Waals surface area contributed by atoms with Crippen LogP contribution in [0.1, 0.15) is 52.9 Å². The monoisotopic (exact) mass is 420 g/mol. The summed E-state index contributed by atoms with van der Waals surface area (Å²) in [7, 11) is 1.33. The van der Waals surface area contributed by atoms with Crippen molar-refractivity contribution < 1.29 is 14.3 Å². The van der Waals surface area contributed by atoms with E-state index in [1.807, 2.05) is 4.68 Å². The van der Waals surface area contributed by atoms with Gasteiger partial charge in [0.2, 0.25) is 0 Å². The lowest BCUT2D eigenvalue weighted by Crippen LogP contribution is -2.13. The van der Waals surface area contributed by atoms with Crippen molar-refractivity contribution in [2.45, 2.75) is 32.2 Å². The fourth-order valence-electron chi connectivity index (χ4n) is 3.36. The summed E-state index contributed by atoms with van der Waals surface area (Å²) in [6.45, 7) is 2.19. The molecule has 0 bridgehead atoms. The van der Waals surface area contributed by atoms with Crippen molar-refractivity contribution in [3.05, 3.63) is 40.0 Å². The molecule has 1 aliphatic carbocycles. The lowest BCUT2D eigenvalue weighted by molar-refractivity contribution is 0.0599. The number of nitrogens with zero attached hydrogens (tertiary/aromatic N) is 2. The van der Waals surface area contributed by atoms with Gasteiger partial charge in [0.05, 0.1) is 18.7 Å². The Balaban J connectivity index is 1.89. The second-order valence-electron chi connectivity index (χ2n) is 6.52. The number of amides is 1. The summed E-state index contributed by atoms with van der Waals surface area (Å²) in [6.07, 6.45) is 5.07. The molecule has 1 heterocycles. The van der Waals surface area contributed by atoms with Crippen LogP contribution in [0.2, 0.25) is 0 Å². The van der Waals surface area contributed by atoms with E-state index in [0.717, 1.165) is 19.3 Å². The van der Waals surface area contributed by atoms with Crippen LogP contribution < -0.4 is 11.1 Å². The smallest absolute Gasteiger partial charge is 0.339 e. The molecule has 1 saturated carbocycles. The summed E-state index contributed by atoms with van der Waals surface area (Å²) < 4.78 is 7.16. The van der Waals surface area contributed by atoms with Gasteiger partial charge in [0.15, 0.2) is 5.82 Å². The van der Waals surface area contributed by atoms with Gasteiger partial charge in [-0.15, -0.1) is 0 Å². The van der Waals surface area contributed by atoms with Crippen molar-refractivity contribution in [1.29, 1.82) is 0 Å². The number of primary amides is 1. The number of benzene rings is 1. The van der Waals surface area contributed by atoms with Crippen LogP contribution in [0.15, 0.2) is 28.9 Å². The highest BCUT2D eigenvalue weighted by molar-refractivity contribution is 9.10. The minimum Gasteiger partial charge on any atom is -0.465 e. The number of aromatic nitrogens is 2. The largest absolute Gasteiger partial charge is 0.465 e. The van der Waals surface area contributed by atoms with Gasteiger partial charge in [0.25, 0.3) is 5.91 Å². The fourth-order valence-corrected chi connectivity index (χ4v) is 3.90. The third-order valence-corrected chi connectivity index (χ3v) is 5.45. The molecule has 1 aromatic heterocycles. The van der Waals surface area contributed by atoms with E-state index in [9.17, 15) is 9.59 Å². The second kappa shape index (κ2) is 7.49. The number of methoxy groups -OCH3 is 1. The van der Waals surface area contributed by atoms with Crippen LogP contribution in [0.4, 0.5) is 11.5 Å². The van der Waals surface area contributed by atoms with E-state index in [1.165, 1.54) is 7.11 Å². The Bertz CT molecular complexity index is 849. The van der Waals surface area contributed by atoms with Crippen LogP contribution in [-0.4, -0.2) is 28.8 Å². The molecule has 0 aliphatic heterocycles. The Labute approximate surface area is 160 Å². The number of carbonyl (C=O) groups excluding carboxylic acids is 2. The molecule has 8 heteroatoms. The van der Waals surface area contributed by atoms with Gasteiger partial charge in [0, 0.05) is 16.4 Å². The molecule has 3 N–H and O–H groups in total. The number of ether oxygens (including phenoxy) is 1. The topological polar surface area (TPSA) is 99.2 Å². The van der Waals surface area contributed by atoms with Crippen molar-refractivity contribution in [3.8, 4) is 0 Å². The van der Waals surface area contributed by atoms with Crippen LogP contribution in [0.25, 0.3) is 0 Å². The summed E-state index contributed by atoms with van der Waals surface area (Å²) in [5.74, 6) is -0.0401. The number of hydrogen-bond acceptors (Lipinski definition) is 5. The molecule has 2 aromatic rings. The maximum atomic E-state index is 11.8. The Morgan fingerprint density at radius 3 is 2.69 bits per heavy atom. The van der Waals surface area contributed by atoms with Crippen molar-refractivity contribution in [1.82, 2.24) is 9.78 Å². The third-order valence-electron chi connectivity index (χ3n) is 4.79. The molecular formula is C18H21BrN4O3. The standard InChI is InChI=1S/C18H21BrN4O3/c1-10-4-3-5-15(10)23-9-13(16(20)24)17(22-23)21-11-6-7-12(14(19)8-11)18(25)26-2/h6-10,15H,3-5H2,1-2H3,(H2,20,24)(H,21,22)/t10-,15?/m0/s1. The SMILES string of the molecule is COC(=O)c1ccc(Nc2nn(C3CCC[C@@H]3C)cc2C(N)=O)cc1Br. The lowest BCUT2D eigenvalue weighted by atomic mass is 10.1. The van der Waals surface area contributed by atoms with E-state index in [0.29, 0.717) is 33.0 Å². The Morgan fingerprint density at radius 1 is 1.35 bits per heavy atom. The Morgan fingerprint density at radius 2 is 2.12 bits per heavy atom. The van der Waals surface area contributed by atoms with E-state index in [1.54, 1.807) is 24.4 Å². The van der Waals surface area contributed by atoms with Gasteiger partial charge in [-0.05, 0) is 52.9 Å². The maximum Gasteiger partial charge on any atom is 0.339 e. The summed E-state index contributed by atoms with van der Waals surface area (Å²) in [5, 5.41) is 7.68. The van der Waals surface area contributed by atoms with E-state index >= 15 is 0 Å². The van der Waals surface area contributed by atoms with Crippen LogP contribution in [0, 0.1) is 5.92 Å². The van der Waals surface area contributed by atoms with Crippen LogP contribution in [0.3, 0.4) is 0 Å². The zero-order chi connectivity index (χ0) is 18.8. The first kappa shape index (κ1) is 18.4. The van der Waals surface area contributed by atoms with Crippen LogP contribution in [-0.2, 0) is 4.74 Å². The van der Waals surface area contributed by atoms with E-state index in [2.05, 4.69) is 33.3 Å². The van der Waals surface area contributed by atoms with Crippen molar-refractivity contribution in [2.24, 2.45) is 11.7 Å². The molecule has 0 spiro atoms. The maximum absolute atomic E-state index is 11.8. The third kappa shape index (κ3) is 3.60. The van der Waals surface area contributed by atoms with Crippen molar-refractivity contribution in [3.63, 3.8) is 0 Å². The van der Waals surface area contributed by atoms with Gasteiger partial charge >= 0.3 is 5.97 Å². The highest BCUT2D eigenvalue weighted by Gasteiger charge is 2.27. The zero-order valence-electron chi connectivity index (χ0n) is 14.7. The molecule has 26 heavy (non-hydrogen) atoms. The van der Waals surface area contributed by atoms with Gasteiger partial charge in [0.1, 0.15) is 5.56 Å². The molecular weight excluding hydrogens is 400 g/mol. The predicted molar refractivity (Wildman–Crippen MR) is 102 cm³/mol. The molecule has 0 radical (unpaired) electrons. The number of carbonyl (C=O) groups is 2. The number of anilines is 2. The van der Waals surface area contributed by atoms with E-state index in [4.69, 9.17) is 10.5 Å². The number of rotatable bonds is 5. The van der Waals surface area contributed by atoms with Gasteiger partial charge in [-0.2, -0.15) is 5.10 Å². The van der Waals surface area contributed by atoms with E-state index < -0.39 is 11.9 Å². The predicted octanol–water partition coefficient (Wildman–Crippen LogP) is 3.64. The quantitative estimate of drug-likeness (QED) is 0.719. The number of hydrogen-bond donors (Lipinski definition) is 2. The Hall–Kier alpha value is -2.35. The molecule has 1 unspecified atom stereocenters. The molecule has 2 atom stereocenters. The first-order chi connectivity index (χ1) is 12.4. The normalized spacial score (nSPS) is 19.3. The molecule has 3 rings (SSSR count).